The van der Waals surface area contributed by atoms with Gasteiger partial charge in [-0.05, 0) is 36.4 Å². The number of carboxylic acid groups (broad SMARTS) is 1. The van der Waals surface area contributed by atoms with Crippen LogP contribution in [0.1, 0.15) is 0 Å². The first-order valence-electron chi connectivity index (χ1n) is 12.6. The largest absolute Gasteiger partial charge is 0.480 e. The van der Waals surface area contributed by atoms with Crippen molar-refractivity contribution in [3.63, 3.8) is 0 Å². The molecule has 1 saturated carbocycles. The van der Waals surface area contributed by atoms with Crippen LogP contribution in [0.5, 0.6) is 0 Å². The summed E-state index contributed by atoms with van der Waals surface area (Å²) in [5.41, 5.74) is 2.08. The van der Waals surface area contributed by atoms with Gasteiger partial charge in [-0.1, -0.05) is 35.3 Å². The standard InChI is InChI=1S/C27H24Cl2N6O3/c28-16-5-7-17(8-6-16)35-23(18-3-1-2-4-21(18)29)32-22-24(30-15-31-25(22)35)33-13-19-20(14-33)27(19,26(36)37)34-9-11-38-12-10-34/h1-8,15,19-20H,9-14H2,(H,36,37). The predicted octanol–water partition coefficient (Wildman–Crippen LogP) is 4.01. The monoisotopic (exact) mass is 550 g/mol. The van der Waals surface area contributed by atoms with Gasteiger partial charge in [0.2, 0.25) is 0 Å². The van der Waals surface area contributed by atoms with Crippen LogP contribution < -0.4 is 4.90 Å². The first-order chi connectivity index (χ1) is 18.5. The average molecular weight is 551 g/mol. The summed E-state index contributed by atoms with van der Waals surface area (Å²) in [7, 11) is 0. The molecule has 3 fully saturated rings. The predicted molar refractivity (Wildman–Crippen MR) is 144 cm³/mol. The van der Waals surface area contributed by atoms with Crippen molar-refractivity contribution in [1.29, 1.82) is 0 Å². The van der Waals surface area contributed by atoms with Gasteiger partial charge < -0.3 is 14.7 Å². The minimum Gasteiger partial charge on any atom is -0.480 e. The zero-order valence-electron chi connectivity index (χ0n) is 20.3. The van der Waals surface area contributed by atoms with Crippen LogP contribution in [0.4, 0.5) is 5.82 Å². The second kappa shape index (κ2) is 8.91. The summed E-state index contributed by atoms with van der Waals surface area (Å²) in [6.45, 7) is 3.61. The van der Waals surface area contributed by atoms with Crippen LogP contribution in [0, 0.1) is 11.8 Å². The summed E-state index contributed by atoms with van der Waals surface area (Å²) >= 11 is 12.8. The highest BCUT2D eigenvalue weighted by Crippen LogP contribution is 2.60. The van der Waals surface area contributed by atoms with E-state index < -0.39 is 11.5 Å². The van der Waals surface area contributed by atoms with Crippen molar-refractivity contribution in [3.05, 3.63) is 64.9 Å². The summed E-state index contributed by atoms with van der Waals surface area (Å²) in [4.78, 5) is 31.0. The van der Waals surface area contributed by atoms with Crippen molar-refractivity contribution in [1.82, 2.24) is 24.4 Å². The summed E-state index contributed by atoms with van der Waals surface area (Å²) in [6.07, 6.45) is 1.54. The number of morpholine rings is 1. The van der Waals surface area contributed by atoms with E-state index in [4.69, 9.17) is 32.9 Å². The van der Waals surface area contributed by atoms with Gasteiger partial charge in [0.15, 0.2) is 17.0 Å². The van der Waals surface area contributed by atoms with E-state index in [9.17, 15) is 9.90 Å². The molecule has 1 N–H and O–H groups in total. The molecule has 1 aliphatic carbocycles. The molecule has 4 aromatic rings. The van der Waals surface area contributed by atoms with E-state index in [2.05, 4.69) is 19.8 Å². The number of aromatic nitrogens is 4. The molecule has 2 saturated heterocycles. The molecule has 9 nitrogen and oxygen atoms in total. The Morgan fingerprint density at radius 3 is 2.39 bits per heavy atom. The molecule has 2 aliphatic heterocycles. The Balaban J connectivity index is 1.30. The van der Waals surface area contributed by atoms with Gasteiger partial charge in [-0.2, -0.15) is 0 Å². The molecule has 2 unspecified atom stereocenters. The average Bonchev–Trinajstić information content (AvgIpc) is 3.20. The van der Waals surface area contributed by atoms with Crippen LogP contribution >= 0.6 is 23.2 Å². The Morgan fingerprint density at radius 1 is 1.00 bits per heavy atom. The van der Waals surface area contributed by atoms with Crippen molar-refractivity contribution in [2.45, 2.75) is 5.54 Å². The smallest absolute Gasteiger partial charge is 0.324 e. The van der Waals surface area contributed by atoms with Crippen LogP contribution in [-0.4, -0.2) is 80.4 Å². The number of imidazole rings is 1. The highest BCUT2D eigenvalue weighted by Gasteiger charge is 2.75. The number of carbonyl (C=O) groups is 1. The van der Waals surface area contributed by atoms with Gasteiger partial charge >= 0.3 is 5.97 Å². The maximum Gasteiger partial charge on any atom is 0.324 e. The molecule has 11 heteroatoms. The maximum absolute atomic E-state index is 12.5. The number of fused-ring (bicyclic) bond motifs is 2. The number of benzene rings is 2. The molecule has 3 aliphatic rings. The van der Waals surface area contributed by atoms with Gasteiger partial charge in [0.05, 0.1) is 18.2 Å². The van der Waals surface area contributed by atoms with Gasteiger partial charge in [-0.25, -0.2) is 15.0 Å². The van der Waals surface area contributed by atoms with Gasteiger partial charge in [0, 0.05) is 54.3 Å². The third-order valence-electron chi connectivity index (χ3n) is 8.14. The molecule has 38 heavy (non-hydrogen) atoms. The fourth-order valence-corrected chi connectivity index (χ4v) is 6.75. The van der Waals surface area contributed by atoms with Crippen molar-refractivity contribution in [2.24, 2.45) is 11.8 Å². The van der Waals surface area contributed by atoms with Crippen LogP contribution in [0.2, 0.25) is 10.0 Å². The van der Waals surface area contributed by atoms with Gasteiger partial charge in [-0.3, -0.25) is 14.3 Å². The molecular formula is C27H24Cl2N6O3. The lowest BCUT2D eigenvalue weighted by molar-refractivity contribution is -0.149. The first kappa shape index (κ1) is 23.8. The summed E-state index contributed by atoms with van der Waals surface area (Å²) in [6, 6.07) is 15.0. The van der Waals surface area contributed by atoms with Gasteiger partial charge in [0.1, 0.15) is 17.7 Å². The number of piperidine rings is 1. The second-order valence-corrected chi connectivity index (χ2v) is 10.8. The Hall–Kier alpha value is -3.24. The van der Waals surface area contributed by atoms with Crippen LogP contribution in [0.3, 0.4) is 0 Å². The number of hydrogen-bond donors (Lipinski definition) is 1. The van der Waals surface area contributed by atoms with E-state index in [1.54, 1.807) is 6.33 Å². The molecule has 4 heterocycles. The number of aliphatic carboxylic acids is 1. The lowest BCUT2D eigenvalue weighted by Crippen LogP contribution is -2.54. The van der Waals surface area contributed by atoms with Crippen molar-refractivity contribution in [3.8, 4) is 17.1 Å². The fraction of sp³-hybridized carbons (Fsp3) is 0.333. The minimum atomic E-state index is -0.822. The zero-order chi connectivity index (χ0) is 26.0. The molecular weight excluding hydrogens is 527 g/mol. The van der Waals surface area contributed by atoms with E-state index in [-0.39, 0.29) is 11.8 Å². The normalized spacial score (nSPS) is 25.1. The third kappa shape index (κ3) is 3.46. The highest BCUT2D eigenvalue weighted by atomic mass is 35.5. The molecule has 7 rings (SSSR count). The van der Waals surface area contributed by atoms with E-state index in [0.29, 0.717) is 72.2 Å². The van der Waals surface area contributed by atoms with Gasteiger partial charge in [0.25, 0.3) is 0 Å². The number of halogens is 2. The minimum absolute atomic E-state index is 0.0181. The summed E-state index contributed by atoms with van der Waals surface area (Å²) in [5.74, 6) is 0.639. The molecule has 0 amide bonds. The molecule has 2 aromatic heterocycles. The zero-order valence-corrected chi connectivity index (χ0v) is 21.8. The van der Waals surface area contributed by atoms with E-state index >= 15 is 0 Å². The highest BCUT2D eigenvalue weighted by molar-refractivity contribution is 6.33. The molecule has 2 atom stereocenters. The van der Waals surface area contributed by atoms with Crippen LogP contribution in [0.25, 0.3) is 28.2 Å². The summed E-state index contributed by atoms with van der Waals surface area (Å²) in [5, 5.41) is 11.5. The maximum atomic E-state index is 12.5. The quantitative estimate of drug-likeness (QED) is 0.398. The number of rotatable bonds is 5. The Labute approximate surface area is 228 Å². The van der Waals surface area contributed by atoms with Gasteiger partial charge in [-0.15, -0.1) is 0 Å². The summed E-state index contributed by atoms with van der Waals surface area (Å²) < 4.78 is 7.44. The topological polar surface area (TPSA) is 96.6 Å². The first-order valence-corrected chi connectivity index (χ1v) is 13.3. The van der Waals surface area contributed by atoms with Crippen LogP contribution in [0.15, 0.2) is 54.9 Å². The number of hydrogen-bond acceptors (Lipinski definition) is 7. The third-order valence-corrected chi connectivity index (χ3v) is 8.72. The van der Waals surface area contributed by atoms with Crippen molar-refractivity contribution < 1.29 is 14.6 Å². The van der Waals surface area contributed by atoms with Crippen molar-refractivity contribution >= 4 is 46.2 Å². The van der Waals surface area contributed by atoms with E-state index in [1.165, 1.54) is 0 Å². The van der Waals surface area contributed by atoms with Crippen LogP contribution in [-0.2, 0) is 9.53 Å². The lowest BCUT2D eigenvalue weighted by atomic mass is 10.1. The fourth-order valence-electron chi connectivity index (χ4n) is 6.40. The van der Waals surface area contributed by atoms with Crippen molar-refractivity contribution in [2.75, 3.05) is 44.3 Å². The number of nitrogens with zero attached hydrogens (tertiary/aromatic N) is 6. The molecule has 0 bridgehead atoms. The molecule has 2 aromatic carbocycles. The molecule has 194 valence electrons. The lowest BCUT2D eigenvalue weighted by Gasteiger charge is -2.36. The number of anilines is 1. The SMILES string of the molecule is O=C(O)C1(N2CCOCC2)C2CN(c3ncnc4c3nc(-c3ccccc3Cl)n4-c3ccc(Cl)cc3)CC21. The van der Waals surface area contributed by atoms with E-state index in [0.717, 1.165) is 11.3 Å². The second-order valence-electron chi connectivity index (χ2n) is 9.94. The molecule has 0 spiro atoms. The molecule has 0 radical (unpaired) electrons. The van der Waals surface area contributed by atoms with E-state index in [1.807, 2.05) is 53.1 Å². The Bertz CT molecular complexity index is 1540. The Morgan fingerprint density at radius 2 is 1.71 bits per heavy atom. The number of ether oxygens (including phenoxy) is 1. The number of carboxylic acids is 1. The Kier molecular flexibility index (Phi) is 5.59.